The van der Waals surface area contributed by atoms with Crippen molar-refractivity contribution in [2.24, 2.45) is 11.8 Å². The average Bonchev–Trinajstić information content (AvgIpc) is 2.46. The molecular formula is C13H19ClN4O2. The number of pyridine rings is 1. The Bertz CT molecular complexity index is 477. The molecule has 0 bridgehead atoms. The Kier molecular flexibility index (Phi) is 5.17. The van der Waals surface area contributed by atoms with Crippen molar-refractivity contribution in [2.45, 2.75) is 12.8 Å². The van der Waals surface area contributed by atoms with Gasteiger partial charge in [-0.2, -0.15) is 0 Å². The molecule has 2 rings (SSSR count). The largest absolute Gasteiger partial charge is 0.381 e. The van der Waals surface area contributed by atoms with Crippen molar-refractivity contribution in [3.63, 3.8) is 0 Å². The van der Waals surface area contributed by atoms with Crippen LogP contribution >= 0.6 is 11.6 Å². The van der Waals surface area contributed by atoms with Crippen molar-refractivity contribution in [3.8, 4) is 0 Å². The summed E-state index contributed by atoms with van der Waals surface area (Å²) in [4.78, 5) is 18.0. The van der Waals surface area contributed by atoms with Crippen LogP contribution in [0.25, 0.3) is 0 Å². The van der Waals surface area contributed by atoms with Crippen LogP contribution in [0.1, 0.15) is 23.2 Å². The SMILES string of the molecule is CN(CC1CCCOC1)C(=O)c1cc(Cl)nc(NN)c1. The minimum Gasteiger partial charge on any atom is -0.381 e. The zero-order chi connectivity index (χ0) is 14.5. The van der Waals surface area contributed by atoms with Crippen LogP contribution in [0.3, 0.4) is 0 Å². The quantitative estimate of drug-likeness (QED) is 0.500. The van der Waals surface area contributed by atoms with E-state index in [-0.39, 0.29) is 11.1 Å². The molecule has 1 fully saturated rings. The number of nitrogens with two attached hydrogens (primary N) is 1. The van der Waals surface area contributed by atoms with Crippen molar-refractivity contribution < 1.29 is 9.53 Å². The number of halogens is 1. The number of nitrogen functional groups attached to an aromatic ring is 1. The van der Waals surface area contributed by atoms with Gasteiger partial charge in [0.25, 0.3) is 5.91 Å². The molecule has 1 unspecified atom stereocenters. The fourth-order valence-electron chi connectivity index (χ4n) is 2.34. The van der Waals surface area contributed by atoms with Crippen LogP contribution in [0.4, 0.5) is 5.82 Å². The van der Waals surface area contributed by atoms with Crippen molar-refractivity contribution in [3.05, 3.63) is 22.8 Å². The Morgan fingerprint density at radius 3 is 3.10 bits per heavy atom. The number of carbonyl (C=O) groups excluding carboxylic acids is 1. The number of ether oxygens (including phenoxy) is 1. The summed E-state index contributed by atoms with van der Waals surface area (Å²) in [6.07, 6.45) is 2.14. The molecule has 1 amide bonds. The number of hydrogen-bond acceptors (Lipinski definition) is 5. The highest BCUT2D eigenvalue weighted by molar-refractivity contribution is 6.29. The molecule has 2 heterocycles. The Hall–Kier alpha value is -1.37. The van der Waals surface area contributed by atoms with E-state index in [2.05, 4.69) is 10.4 Å². The smallest absolute Gasteiger partial charge is 0.253 e. The predicted octanol–water partition coefficient (Wildman–Crippen LogP) is 1.52. The van der Waals surface area contributed by atoms with Gasteiger partial charge in [0, 0.05) is 25.8 Å². The molecule has 0 aromatic carbocycles. The third-order valence-electron chi connectivity index (χ3n) is 3.32. The lowest BCUT2D eigenvalue weighted by Gasteiger charge is -2.27. The summed E-state index contributed by atoms with van der Waals surface area (Å²) >= 11 is 5.87. The van der Waals surface area contributed by atoms with Gasteiger partial charge in [-0.05, 0) is 30.9 Å². The number of carbonyl (C=O) groups is 1. The van der Waals surface area contributed by atoms with Crippen LogP contribution in [0.5, 0.6) is 0 Å². The molecule has 0 saturated carbocycles. The Morgan fingerprint density at radius 1 is 1.65 bits per heavy atom. The normalized spacial score (nSPS) is 18.6. The molecule has 1 saturated heterocycles. The third-order valence-corrected chi connectivity index (χ3v) is 3.52. The van der Waals surface area contributed by atoms with Gasteiger partial charge in [0.2, 0.25) is 0 Å². The number of aromatic nitrogens is 1. The van der Waals surface area contributed by atoms with E-state index in [9.17, 15) is 4.79 Å². The van der Waals surface area contributed by atoms with Gasteiger partial charge in [0.1, 0.15) is 11.0 Å². The molecule has 1 aliphatic heterocycles. The third kappa shape index (κ3) is 3.82. The first kappa shape index (κ1) is 15.0. The van der Waals surface area contributed by atoms with E-state index in [0.717, 1.165) is 19.4 Å². The molecular weight excluding hydrogens is 280 g/mol. The first-order valence-corrected chi connectivity index (χ1v) is 6.95. The monoisotopic (exact) mass is 298 g/mol. The van der Waals surface area contributed by atoms with Gasteiger partial charge in [-0.3, -0.25) is 4.79 Å². The number of anilines is 1. The molecule has 3 N–H and O–H groups in total. The summed E-state index contributed by atoms with van der Waals surface area (Å²) in [5.41, 5.74) is 2.87. The van der Waals surface area contributed by atoms with Crippen LogP contribution in [-0.4, -0.2) is 42.6 Å². The van der Waals surface area contributed by atoms with E-state index in [1.165, 1.54) is 0 Å². The number of amides is 1. The van der Waals surface area contributed by atoms with Crippen molar-refractivity contribution in [2.75, 3.05) is 32.2 Å². The van der Waals surface area contributed by atoms with Gasteiger partial charge < -0.3 is 15.1 Å². The van der Waals surface area contributed by atoms with Crippen molar-refractivity contribution in [1.82, 2.24) is 9.88 Å². The van der Waals surface area contributed by atoms with Crippen LogP contribution in [0.2, 0.25) is 5.15 Å². The van der Waals surface area contributed by atoms with Gasteiger partial charge in [0.05, 0.1) is 6.61 Å². The fraction of sp³-hybridized carbons (Fsp3) is 0.538. The molecule has 0 aliphatic carbocycles. The number of hydrogen-bond donors (Lipinski definition) is 2. The highest BCUT2D eigenvalue weighted by atomic mass is 35.5. The van der Waals surface area contributed by atoms with E-state index in [0.29, 0.717) is 30.5 Å². The van der Waals surface area contributed by atoms with Crippen LogP contribution in [0, 0.1) is 5.92 Å². The zero-order valence-electron chi connectivity index (χ0n) is 11.4. The molecule has 0 spiro atoms. The van der Waals surface area contributed by atoms with Crippen LogP contribution in [0.15, 0.2) is 12.1 Å². The Balaban J connectivity index is 2.03. The Morgan fingerprint density at radius 2 is 2.45 bits per heavy atom. The lowest BCUT2D eigenvalue weighted by atomic mass is 10.0. The fourth-order valence-corrected chi connectivity index (χ4v) is 2.54. The second kappa shape index (κ2) is 6.88. The summed E-state index contributed by atoms with van der Waals surface area (Å²) < 4.78 is 5.43. The van der Waals surface area contributed by atoms with Crippen LogP contribution in [-0.2, 0) is 4.74 Å². The molecule has 110 valence electrons. The Labute approximate surface area is 123 Å². The maximum atomic E-state index is 12.4. The van der Waals surface area contributed by atoms with Gasteiger partial charge in [-0.1, -0.05) is 11.6 Å². The molecule has 20 heavy (non-hydrogen) atoms. The molecule has 1 aromatic heterocycles. The summed E-state index contributed by atoms with van der Waals surface area (Å²) in [7, 11) is 1.78. The maximum absolute atomic E-state index is 12.4. The molecule has 7 heteroatoms. The average molecular weight is 299 g/mol. The molecule has 1 aliphatic rings. The van der Waals surface area contributed by atoms with Crippen molar-refractivity contribution in [1.29, 1.82) is 0 Å². The molecule has 1 atom stereocenters. The number of rotatable bonds is 4. The standard InChI is InChI=1S/C13H19ClN4O2/c1-18(7-9-3-2-4-20-8-9)13(19)10-5-11(14)16-12(6-10)17-15/h5-6,9H,2-4,7-8,15H2,1H3,(H,16,17). The predicted molar refractivity (Wildman–Crippen MR) is 77.6 cm³/mol. The summed E-state index contributed by atoms with van der Waals surface area (Å²) in [6.45, 7) is 2.20. The van der Waals surface area contributed by atoms with Crippen molar-refractivity contribution >= 4 is 23.3 Å². The maximum Gasteiger partial charge on any atom is 0.253 e. The van der Waals surface area contributed by atoms with E-state index < -0.39 is 0 Å². The second-order valence-electron chi connectivity index (χ2n) is 4.98. The number of hydrazine groups is 1. The highest BCUT2D eigenvalue weighted by Gasteiger charge is 2.20. The van der Waals surface area contributed by atoms with Gasteiger partial charge in [0.15, 0.2) is 0 Å². The van der Waals surface area contributed by atoms with Gasteiger partial charge >= 0.3 is 0 Å². The molecule has 6 nitrogen and oxygen atoms in total. The highest BCUT2D eigenvalue weighted by Crippen LogP contribution is 2.18. The topological polar surface area (TPSA) is 80.5 Å². The molecule has 1 aromatic rings. The summed E-state index contributed by atoms with van der Waals surface area (Å²) in [5, 5.41) is 0.234. The number of nitrogens with zero attached hydrogens (tertiary/aromatic N) is 2. The first-order chi connectivity index (χ1) is 9.60. The van der Waals surface area contributed by atoms with Crippen LogP contribution < -0.4 is 11.3 Å². The lowest BCUT2D eigenvalue weighted by molar-refractivity contribution is 0.0388. The lowest BCUT2D eigenvalue weighted by Crippen LogP contribution is -2.35. The van der Waals surface area contributed by atoms with Gasteiger partial charge in [-0.25, -0.2) is 10.8 Å². The zero-order valence-corrected chi connectivity index (χ0v) is 12.2. The van der Waals surface area contributed by atoms with E-state index in [1.54, 1.807) is 24.1 Å². The van der Waals surface area contributed by atoms with Gasteiger partial charge in [-0.15, -0.1) is 0 Å². The summed E-state index contributed by atoms with van der Waals surface area (Å²) in [6, 6.07) is 3.13. The van der Waals surface area contributed by atoms with E-state index in [4.69, 9.17) is 22.2 Å². The number of nitrogens with one attached hydrogen (secondary N) is 1. The minimum atomic E-state index is -0.101. The first-order valence-electron chi connectivity index (χ1n) is 6.57. The van der Waals surface area contributed by atoms with E-state index >= 15 is 0 Å². The minimum absolute atomic E-state index is 0.101. The summed E-state index contributed by atoms with van der Waals surface area (Å²) in [5.74, 6) is 5.96. The molecule has 0 radical (unpaired) electrons. The van der Waals surface area contributed by atoms with E-state index in [1.807, 2.05) is 0 Å². The second-order valence-corrected chi connectivity index (χ2v) is 5.36.